The molecule has 1 aliphatic rings. The highest BCUT2D eigenvalue weighted by molar-refractivity contribution is 4.81. The molecule has 1 heterocycles. The molecule has 1 aliphatic heterocycles. The summed E-state index contributed by atoms with van der Waals surface area (Å²) in [6.07, 6.45) is 3.70. The van der Waals surface area contributed by atoms with Crippen molar-refractivity contribution < 1.29 is 9.13 Å². The lowest BCUT2D eigenvalue weighted by molar-refractivity contribution is 0.0556. The van der Waals surface area contributed by atoms with Crippen molar-refractivity contribution in [1.82, 2.24) is 5.32 Å². The van der Waals surface area contributed by atoms with Crippen LogP contribution in [0.25, 0.3) is 0 Å². The molecule has 1 rings (SSSR count). The zero-order valence-corrected chi connectivity index (χ0v) is 7.68. The van der Waals surface area contributed by atoms with E-state index in [1.807, 2.05) is 0 Å². The predicted molar refractivity (Wildman–Crippen MR) is 47.0 cm³/mol. The molecule has 3 heteroatoms. The number of alkyl halides is 1. The molecule has 2 atom stereocenters. The number of rotatable bonds is 5. The quantitative estimate of drug-likeness (QED) is 0.683. The molecule has 0 saturated carbocycles. The Hall–Kier alpha value is -0.150. The molecule has 1 saturated heterocycles. The second-order valence-corrected chi connectivity index (χ2v) is 3.31. The van der Waals surface area contributed by atoms with Gasteiger partial charge in [-0.2, -0.15) is 0 Å². The number of hydrogen-bond donors (Lipinski definition) is 1. The standard InChI is InChI=1S/C9H18FNO/c1-2-3-8-6-9(7-11-8)12-5-4-10/h8-9,11H,2-7H2,1H3/t8-,9-/m1/s1. The van der Waals surface area contributed by atoms with E-state index in [1.54, 1.807) is 0 Å². The molecule has 0 aliphatic carbocycles. The summed E-state index contributed by atoms with van der Waals surface area (Å²) in [4.78, 5) is 0. The molecule has 0 spiro atoms. The minimum Gasteiger partial charge on any atom is -0.374 e. The van der Waals surface area contributed by atoms with Crippen molar-refractivity contribution in [2.45, 2.75) is 38.3 Å². The van der Waals surface area contributed by atoms with Crippen LogP contribution < -0.4 is 5.32 Å². The Labute approximate surface area is 73.5 Å². The summed E-state index contributed by atoms with van der Waals surface area (Å²) in [5.41, 5.74) is 0. The lowest BCUT2D eigenvalue weighted by Crippen LogP contribution is -2.21. The van der Waals surface area contributed by atoms with E-state index in [4.69, 9.17) is 4.74 Å². The highest BCUT2D eigenvalue weighted by Gasteiger charge is 2.23. The lowest BCUT2D eigenvalue weighted by atomic mass is 10.1. The van der Waals surface area contributed by atoms with Crippen molar-refractivity contribution in [3.05, 3.63) is 0 Å². The lowest BCUT2D eigenvalue weighted by Gasteiger charge is -2.09. The van der Waals surface area contributed by atoms with Gasteiger partial charge >= 0.3 is 0 Å². The third-order valence-corrected chi connectivity index (χ3v) is 2.25. The van der Waals surface area contributed by atoms with Gasteiger partial charge < -0.3 is 10.1 Å². The Morgan fingerprint density at radius 2 is 2.42 bits per heavy atom. The van der Waals surface area contributed by atoms with Crippen molar-refractivity contribution in [2.75, 3.05) is 19.8 Å². The fourth-order valence-corrected chi connectivity index (χ4v) is 1.69. The summed E-state index contributed by atoms with van der Waals surface area (Å²) in [5.74, 6) is 0. The van der Waals surface area contributed by atoms with Crippen molar-refractivity contribution in [2.24, 2.45) is 0 Å². The van der Waals surface area contributed by atoms with Crippen LogP contribution in [0, 0.1) is 0 Å². The Morgan fingerprint density at radius 1 is 1.58 bits per heavy atom. The van der Waals surface area contributed by atoms with E-state index in [-0.39, 0.29) is 19.4 Å². The predicted octanol–water partition coefficient (Wildman–Crippen LogP) is 1.50. The highest BCUT2D eigenvalue weighted by Crippen LogP contribution is 2.14. The molecule has 72 valence electrons. The topological polar surface area (TPSA) is 21.3 Å². The van der Waals surface area contributed by atoms with Crippen LogP contribution >= 0.6 is 0 Å². The molecule has 0 radical (unpaired) electrons. The maximum atomic E-state index is 11.7. The first kappa shape index (κ1) is 9.93. The Balaban J connectivity index is 2.08. The summed E-state index contributed by atoms with van der Waals surface area (Å²) < 4.78 is 17.0. The van der Waals surface area contributed by atoms with Crippen molar-refractivity contribution >= 4 is 0 Å². The van der Waals surface area contributed by atoms with Crippen LogP contribution in [0.5, 0.6) is 0 Å². The SMILES string of the molecule is CCC[C@@H]1C[C@@H](OCCF)CN1. The van der Waals surface area contributed by atoms with Crippen molar-refractivity contribution in [3.8, 4) is 0 Å². The molecule has 0 aromatic heterocycles. The Bertz CT molecular complexity index is 121. The van der Waals surface area contributed by atoms with E-state index in [1.165, 1.54) is 12.8 Å². The molecule has 0 unspecified atom stereocenters. The maximum Gasteiger partial charge on any atom is 0.113 e. The van der Waals surface area contributed by atoms with Crippen LogP contribution in [0.15, 0.2) is 0 Å². The van der Waals surface area contributed by atoms with Crippen LogP contribution in [0.2, 0.25) is 0 Å². The monoisotopic (exact) mass is 175 g/mol. The molecule has 0 aromatic carbocycles. The smallest absolute Gasteiger partial charge is 0.113 e. The molecule has 0 amide bonds. The first-order valence-electron chi connectivity index (χ1n) is 4.77. The van der Waals surface area contributed by atoms with Crippen LogP contribution in [0.4, 0.5) is 4.39 Å². The van der Waals surface area contributed by atoms with Crippen molar-refractivity contribution in [1.29, 1.82) is 0 Å². The van der Waals surface area contributed by atoms with Gasteiger partial charge in [-0.1, -0.05) is 13.3 Å². The molecule has 0 bridgehead atoms. The van der Waals surface area contributed by atoms with E-state index in [0.717, 1.165) is 13.0 Å². The van der Waals surface area contributed by atoms with Gasteiger partial charge in [0.15, 0.2) is 0 Å². The van der Waals surface area contributed by atoms with E-state index in [2.05, 4.69) is 12.2 Å². The molecule has 0 aromatic rings. The summed E-state index contributed by atoms with van der Waals surface area (Å²) in [6.45, 7) is 2.96. The first-order valence-corrected chi connectivity index (χ1v) is 4.77. The second-order valence-electron chi connectivity index (χ2n) is 3.31. The maximum absolute atomic E-state index is 11.7. The summed E-state index contributed by atoms with van der Waals surface area (Å²) in [5, 5.41) is 3.37. The minimum atomic E-state index is -0.366. The minimum absolute atomic E-state index is 0.247. The van der Waals surface area contributed by atoms with E-state index >= 15 is 0 Å². The summed E-state index contributed by atoms with van der Waals surface area (Å²) >= 11 is 0. The van der Waals surface area contributed by atoms with Crippen LogP contribution in [0.1, 0.15) is 26.2 Å². The molecule has 1 N–H and O–H groups in total. The molecule has 1 fully saturated rings. The first-order chi connectivity index (χ1) is 5.86. The van der Waals surface area contributed by atoms with E-state index in [0.29, 0.717) is 6.04 Å². The van der Waals surface area contributed by atoms with Gasteiger partial charge in [0.1, 0.15) is 6.67 Å². The van der Waals surface area contributed by atoms with Gasteiger partial charge in [-0.15, -0.1) is 0 Å². The number of halogens is 1. The summed E-state index contributed by atoms with van der Waals surface area (Å²) in [7, 11) is 0. The van der Waals surface area contributed by atoms with Crippen LogP contribution in [-0.2, 0) is 4.74 Å². The molecular formula is C9H18FNO. The van der Waals surface area contributed by atoms with Gasteiger partial charge in [0.05, 0.1) is 12.7 Å². The molecule has 12 heavy (non-hydrogen) atoms. The van der Waals surface area contributed by atoms with Gasteiger partial charge in [-0.05, 0) is 12.8 Å². The zero-order valence-electron chi connectivity index (χ0n) is 7.68. The van der Waals surface area contributed by atoms with Gasteiger partial charge in [0, 0.05) is 12.6 Å². The number of nitrogens with one attached hydrogen (secondary N) is 1. The normalized spacial score (nSPS) is 29.5. The zero-order chi connectivity index (χ0) is 8.81. The summed E-state index contributed by atoms with van der Waals surface area (Å²) in [6, 6.07) is 0.597. The van der Waals surface area contributed by atoms with E-state index < -0.39 is 0 Å². The molecular weight excluding hydrogens is 157 g/mol. The number of hydrogen-bond acceptors (Lipinski definition) is 2. The highest BCUT2D eigenvalue weighted by atomic mass is 19.1. The van der Waals surface area contributed by atoms with Gasteiger partial charge in [0.2, 0.25) is 0 Å². The second kappa shape index (κ2) is 5.49. The third kappa shape index (κ3) is 3.07. The number of ether oxygens (including phenoxy) is 1. The van der Waals surface area contributed by atoms with Gasteiger partial charge in [0.25, 0.3) is 0 Å². The largest absolute Gasteiger partial charge is 0.374 e. The molecule has 2 nitrogen and oxygen atoms in total. The fraction of sp³-hybridized carbons (Fsp3) is 1.00. The van der Waals surface area contributed by atoms with Crippen LogP contribution in [-0.4, -0.2) is 32.0 Å². The fourth-order valence-electron chi connectivity index (χ4n) is 1.69. The van der Waals surface area contributed by atoms with Crippen molar-refractivity contribution in [3.63, 3.8) is 0 Å². The third-order valence-electron chi connectivity index (χ3n) is 2.25. The van der Waals surface area contributed by atoms with Gasteiger partial charge in [-0.3, -0.25) is 0 Å². The van der Waals surface area contributed by atoms with Gasteiger partial charge in [-0.25, -0.2) is 4.39 Å². The average molecular weight is 175 g/mol. The van der Waals surface area contributed by atoms with Crippen LogP contribution in [0.3, 0.4) is 0 Å². The Morgan fingerprint density at radius 3 is 3.08 bits per heavy atom. The Kier molecular flexibility index (Phi) is 4.54. The van der Waals surface area contributed by atoms with E-state index in [9.17, 15) is 4.39 Å². The average Bonchev–Trinajstić information content (AvgIpc) is 2.50.